The molecule has 5 atom stereocenters. The van der Waals surface area contributed by atoms with E-state index in [0.29, 0.717) is 31.6 Å². The van der Waals surface area contributed by atoms with Crippen LogP contribution in [0.4, 0.5) is 0 Å². The van der Waals surface area contributed by atoms with Crippen LogP contribution in [0, 0.1) is 5.92 Å². The first-order valence-electron chi connectivity index (χ1n) is 13.8. The average molecular weight is 570 g/mol. The highest BCUT2D eigenvalue weighted by Crippen LogP contribution is 2.39. The van der Waals surface area contributed by atoms with Crippen LogP contribution in [0.5, 0.6) is 0 Å². The summed E-state index contributed by atoms with van der Waals surface area (Å²) in [5, 5.41) is 12.6. The molecule has 9 heteroatoms. The molecule has 39 heavy (non-hydrogen) atoms. The standard InChI is InChI=1S/C30H39N3O4S2/c1-19(2)15-22(31)18-38-39-27(16-20-9-4-3-5-10-20)28(34)32-24-17-21-11-6-7-12-23(21)25-13-8-14-26(30(36)37)33(25)29(24)35/h3-7,9-12,19,22,24-27H,8,13-18,31H2,1-2H3,(H,32,34)(H,36,37)/t22-,24-,25?,26-,27+/m0/s1. The lowest BCUT2D eigenvalue weighted by Crippen LogP contribution is -2.56. The minimum atomic E-state index is -0.996. The minimum Gasteiger partial charge on any atom is -0.480 e. The molecule has 7 nitrogen and oxygen atoms in total. The Hall–Kier alpha value is -2.49. The molecular weight excluding hydrogens is 530 g/mol. The highest BCUT2D eigenvalue weighted by molar-refractivity contribution is 8.77. The fourth-order valence-corrected chi connectivity index (χ4v) is 8.33. The van der Waals surface area contributed by atoms with Gasteiger partial charge in [0.1, 0.15) is 12.1 Å². The fraction of sp³-hybridized carbons (Fsp3) is 0.500. The van der Waals surface area contributed by atoms with Gasteiger partial charge < -0.3 is 21.1 Å². The van der Waals surface area contributed by atoms with Crippen molar-refractivity contribution in [3.63, 3.8) is 0 Å². The van der Waals surface area contributed by atoms with Crippen molar-refractivity contribution >= 4 is 39.4 Å². The van der Waals surface area contributed by atoms with Crippen LogP contribution in [0.15, 0.2) is 54.6 Å². The maximum absolute atomic E-state index is 13.9. The summed E-state index contributed by atoms with van der Waals surface area (Å²) in [7, 11) is 3.09. The van der Waals surface area contributed by atoms with E-state index < -0.39 is 23.3 Å². The molecule has 1 unspecified atom stereocenters. The number of fused-ring (bicyclic) bond motifs is 3. The third-order valence-electron chi connectivity index (χ3n) is 7.42. The minimum absolute atomic E-state index is 0.0480. The van der Waals surface area contributed by atoms with Crippen LogP contribution in [-0.2, 0) is 27.2 Å². The van der Waals surface area contributed by atoms with Gasteiger partial charge in [0.2, 0.25) is 11.8 Å². The number of carboxylic acid groups (broad SMARTS) is 1. The lowest BCUT2D eigenvalue weighted by Gasteiger charge is -2.40. The highest BCUT2D eigenvalue weighted by Gasteiger charge is 2.44. The van der Waals surface area contributed by atoms with E-state index in [-0.39, 0.29) is 23.9 Å². The third kappa shape index (κ3) is 7.58. The first-order chi connectivity index (χ1) is 18.7. The van der Waals surface area contributed by atoms with Gasteiger partial charge in [0.25, 0.3) is 0 Å². The van der Waals surface area contributed by atoms with Crippen LogP contribution >= 0.6 is 21.6 Å². The predicted molar refractivity (Wildman–Crippen MR) is 158 cm³/mol. The predicted octanol–water partition coefficient (Wildman–Crippen LogP) is 4.60. The van der Waals surface area contributed by atoms with E-state index >= 15 is 0 Å². The van der Waals surface area contributed by atoms with Crippen molar-refractivity contribution in [1.29, 1.82) is 0 Å². The van der Waals surface area contributed by atoms with Gasteiger partial charge in [-0.2, -0.15) is 0 Å². The number of carboxylic acids is 1. The molecule has 0 radical (unpaired) electrons. The van der Waals surface area contributed by atoms with E-state index in [9.17, 15) is 19.5 Å². The largest absolute Gasteiger partial charge is 0.480 e. The highest BCUT2D eigenvalue weighted by atomic mass is 33.1. The molecule has 1 fully saturated rings. The molecule has 2 aromatic rings. The molecule has 2 aliphatic rings. The topological polar surface area (TPSA) is 113 Å². The normalized spacial score (nSPS) is 22.4. The van der Waals surface area contributed by atoms with E-state index in [4.69, 9.17) is 5.73 Å². The number of aliphatic carboxylic acids is 1. The van der Waals surface area contributed by atoms with Gasteiger partial charge in [0.05, 0.1) is 11.3 Å². The summed E-state index contributed by atoms with van der Waals surface area (Å²) in [6.45, 7) is 4.29. The number of carbonyl (C=O) groups is 3. The monoisotopic (exact) mass is 569 g/mol. The van der Waals surface area contributed by atoms with Crippen molar-refractivity contribution in [2.45, 2.75) is 81.8 Å². The maximum atomic E-state index is 13.9. The molecule has 0 aliphatic carbocycles. The van der Waals surface area contributed by atoms with Crippen molar-refractivity contribution in [3.8, 4) is 0 Å². The number of nitrogens with two attached hydrogens (primary N) is 1. The van der Waals surface area contributed by atoms with Gasteiger partial charge >= 0.3 is 5.97 Å². The molecule has 2 amide bonds. The Labute approximate surface area is 239 Å². The van der Waals surface area contributed by atoms with Crippen molar-refractivity contribution < 1.29 is 19.5 Å². The second-order valence-corrected chi connectivity index (χ2v) is 13.6. The fourth-order valence-electron chi connectivity index (χ4n) is 5.65. The van der Waals surface area contributed by atoms with Crippen LogP contribution in [0.3, 0.4) is 0 Å². The van der Waals surface area contributed by atoms with Crippen molar-refractivity contribution in [1.82, 2.24) is 10.2 Å². The van der Waals surface area contributed by atoms with E-state index in [1.807, 2.05) is 54.6 Å². The van der Waals surface area contributed by atoms with Gasteiger partial charge in [-0.3, -0.25) is 9.59 Å². The summed E-state index contributed by atoms with van der Waals surface area (Å²) in [6, 6.07) is 15.7. The smallest absolute Gasteiger partial charge is 0.326 e. The lowest BCUT2D eigenvalue weighted by atomic mass is 9.89. The third-order valence-corrected chi connectivity index (χ3v) is 10.2. The molecule has 1 saturated heterocycles. The summed E-state index contributed by atoms with van der Waals surface area (Å²) < 4.78 is 0. The number of hydrogen-bond acceptors (Lipinski definition) is 6. The quantitative estimate of drug-likeness (QED) is 0.339. The zero-order valence-electron chi connectivity index (χ0n) is 22.6. The SMILES string of the molecule is CC(C)C[C@H](N)CSS[C@H](Cc1ccccc1)C(=O)N[C@H]1Cc2ccccc2C2CCC[C@@H](C(=O)O)N2C1=O. The molecule has 0 bridgehead atoms. The summed E-state index contributed by atoms with van der Waals surface area (Å²) in [5.74, 6) is -0.290. The second kappa shape index (κ2) is 13.7. The molecule has 4 rings (SSSR count). The van der Waals surface area contributed by atoms with Crippen molar-refractivity contribution in [3.05, 3.63) is 71.3 Å². The Kier molecular flexibility index (Phi) is 10.4. The van der Waals surface area contributed by atoms with Gasteiger partial charge in [0, 0.05) is 18.2 Å². The van der Waals surface area contributed by atoms with E-state index in [1.165, 1.54) is 15.7 Å². The van der Waals surface area contributed by atoms with E-state index in [2.05, 4.69) is 19.2 Å². The van der Waals surface area contributed by atoms with E-state index in [0.717, 1.165) is 35.3 Å². The number of amides is 2. The Morgan fingerprint density at radius 2 is 1.82 bits per heavy atom. The number of nitrogens with one attached hydrogen (secondary N) is 1. The summed E-state index contributed by atoms with van der Waals surface area (Å²) in [4.78, 5) is 41.3. The van der Waals surface area contributed by atoms with Crippen LogP contribution in [-0.4, -0.2) is 56.9 Å². The zero-order chi connectivity index (χ0) is 27.9. The number of carbonyl (C=O) groups excluding carboxylic acids is 2. The van der Waals surface area contributed by atoms with Gasteiger partial charge in [-0.1, -0.05) is 90.0 Å². The van der Waals surface area contributed by atoms with Crippen LogP contribution in [0.1, 0.15) is 62.3 Å². The number of hydrogen-bond donors (Lipinski definition) is 3. The average Bonchev–Trinajstić information content (AvgIpc) is 3.02. The van der Waals surface area contributed by atoms with Gasteiger partial charge in [0.15, 0.2) is 0 Å². The molecule has 0 saturated carbocycles. The van der Waals surface area contributed by atoms with Crippen LogP contribution < -0.4 is 11.1 Å². The second-order valence-electron chi connectivity index (χ2n) is 11.0. The van der Waals surface area contributed by atoms with Crippen LogP contribution in [0.25, 0.3) is 0 Å². The molecule has 4 N–H and O–H groups in total. The molecule has 2 heterocycles. The summed E-state index contributed by atoms with van der Waals surface area (Å²) in [5.41, 5.74) is 9.29. The summed E-state index contributed by atoms with van der Waals surface area (Å²) in [6.07, 6.45) is 3.65. The van der Waals surface area contributed by atoms with E-state index in [1.54, 1.807) is 10.8 Å². The van der Waals surface area contributed by atoms with Crippen molar-refractivity contribution in [2.75, 3.05) is 5.75 Å². The Morgan fingerprint density at radius 3 is 2.54 bits per heavy atom. The van der Waals surface area contributed by atoms with Gasteiger partial charge in [-0.05, 0) is 54.7 Å². The molecule has 0 spiro atoms. The Bertz CT molecular complexity index is 1150. The molecular formula is C30H39N3O4S2. The molecule has 210 valence electrons. The van der Waals surface area contributed by atoms with Gasteiger partial charge in [-0.15, -0.1) is 0 Å². The van der Waals surface area contributed by atoms with Crippen LogP contribution in [0.2, 0.25) is 0 Å². The first kappa shape index (κ1) is 29.5. The molecule has 0 aromatic heterocycles. The Balaban J connectivity index is 1.55. The number of piperidine rings is 1. The van der Waals surface area contributed by atoms with Crippen molar-refractivity contribution in [2.24, 2.45) is 11.7 Å². The van der Waals surface area contributed by atoms with Gasteiger partial charge in [-0.25, -0.2) is 4.79 Å². The number of nitrogens with zero attached hydrogens (tertiary/aromatic N) is 1. The maximum Gasteiger partial charge on any atom is 0.326 e. The summed E-state index contributed by atoms with van der Waals surface area (Å²) >= 11 is 0. The lowest BCUT2D eigenvalue weighted by molar-refractivity contribution is -0.156. The number of benzene rings is 2. The Morgan fingerprint density at radius 1 is 1.10 bits per heavy atom. The first-order valence-corrected chi connectivity index (χ1v) is 16.1. The number of rotatable bonds is 11. The molecule has 2 aliphatic heterocycles. The zero-order valence-corrected chi connectivity index (χ0v) is 24.3. The molecule has 2 aromatic carbocycles.